The van der Waals surface area contributed by atoms with Crippen LogP contribution in [0.4, 0.5) is 5.95 Å². The highest BCUT2D eigenvalue weighted by atomic mass is 16.5. The van der Waals surface area contributed by atoms with Crippen molar-refractivity contribution in [3.05, 3.63) is 18.0 Å². The lowest BCUT2D eigenvalue weighted by Crippen LogP contribution is -2.37. The molecule has 2 aliphatic heterocycles. The molecule has 3 fully saturated rings. The first-order valence-corrected chi connectivity index (χ1v) is 8.80. The van der Waals surface area contributed by atoms with Crippen LogP contribution in [0.25, 0.3) is 0 Å². The Morgan fingerprint density at radius 3 is 2.52 bits per heavy atom. The Balaban J connectivity index is 1.57. The number of amides is 1. The van der Waals surface area contributed by atoms with Crippen molar-refractivity contribution < 1.29 is 19.4 Å². The van der Waals surface area contributed by atoms with E-state index in [1.807, 2.05) is 4.90 Å². The number of ether oxygens (including phenoxy) is 1. The fourth-order valence-electron chi connectivity index (χ4n) is 3.63. The topological polar surface area (TPSA) is 95.9 Å². The third kappa shape index (κ3) is 3.30. The quantitative estimate of drug-likeness (QED) is 0.838. The van der Waals surface area contributed by atoms with Gasteiger partial charge in [-0.2, -0.15) is 0 Å². The third-order valence-electron chi connectivity index (χ3n) is 5.19. The fraction of sp³-hybridized carbons (Fsp3) is 0.647. The van der Waals surface area contributed by atoms with Crippen LogP contribution in [0.2, 0.25) is 0 Å². The Bertz CT molecular complexity index is 655. The summed E-state index contributed by atoms with van der Waals surface area (Å²) >= 11 is 0. The normalized spacial score (nSPS) is 27.0. The molecule has 1 aliphatic carbocycles. The van der Waals surface area contributed by atoms with Crippen molar-refractivity contribution in [2.45, 2.75) is 25.3 Å². The zero-order valence-corrected chi connectivity index (χ0v) is 14.0. The molecule has 3 heterocycles. The van der Waals surface area contributed by atoms with Crippen molar-refractivity contribution in [2.24, 2.45) is 11.8 Å². The number of carboxylic acid groups (broad SMARTS) is 1. The van der Waals surface area contributed by atoms with E-state index in [4.69, 9.17) is 4.74 Å². The summed E-state index contributed by atoms with van der Waals surface area (Å²) < 4.78 is 5.33. The van der Waals surface area contributed by atoms with E-state index in [1.165, 1.54) is 0 Å². The summed E-state index contributed by atoms with van der Waals surface area (Å²) in [5.41, 5.74) is 0.705. The number of hydrogen-bond donors (Lipinski definition) is 1. The summed E-state index contributed by atoms with van der Waals surface area (Å²) in [6.45, 7) is 3.43. The summed E-state index contributed by atoms with van der Waals surface area (Å²) in [6.07, 6.45) is 5.63. The zero-order valence-electron chi connectivity index (χ0n) is 14.0. The second kappa shape index (κ2) is 6.59. The molecule has 1 amide bonds. The number of aromatic nitrogens is 2. The summed E-state index contributed by atoms with van der Waals surface area (Å²) in [4.78, 5) is 36.6. The minimum absolute atomic E-state index is 0.0535. The van der Waals surface area contributed by atoms with Crippen molar-refractivity contribution in [2.75, 3.05) is 37.7 Å². The standard InChI is InChI=1S/C17H22N4O4/c22-14-7-13(16(23)24)15(21(14)10-11-1-2-11)12-8-18-17(19-9-12)20-3-5-25-6-4-20/h8-9,11,13,15H,1-7,10H2,(H,23,24)/t13-,15+/m1/s1. The highest BCUT2D eigenvalue weighted by Crippen LogP contribution is 2.41. The molecule has 1 aromatic heterocycles. The van der Waals surface area contributed by atoms with Crippen molar-refractivity contribution in [1.29, 1.82) is 0 Å². The minimum atomic E-state index is -0.936. The molecule has 0 aromatic carbocycles. The van der Waals surface area contributed by atoms with Crippen LogP contribution in [0, 0.1) is 11.8 Å². The molecule has 2 saturated heterocycles. The van der Waals surface area contributed by atoms with Gasteiger partial charge in [0.1, 0.15) is 0 Å². The first kappa shape index (κ1) is 16.3. The molecule has 8 heteroatoms. The molecule has 25 heavy (non-hydrogen) atoms. The molecule has 0 unspecified atom stereocenters. The van der Waals surface area contributed by atoms with Crippen LogP contribution in [-0.4, -0.2) is 64.7 Å². The third-order valence-corrected chi connectivity index (χ3v) is 5.19. The molecule has 4 rings (SSSR count). The predicted molar refractivity (Wildman–Crippen MR) is 88.0 cm³/mol. The molecule has 0 spiro atoms. The molecule has 1 N–H and O–H groups in total. The predicted octanol–water partition coefficient (Wildman–Crippen LogP) is 0.697. The zero-order chi connectivity index (χ0) is 17.4. The number of hydrogen-bond acceptors (Lipinski definition) is 6. The number of carbonyl (C=O) groups is 2. The van der Waals surface area contributed by atoms with Crippen molar-refractivity contribution in [3.63, 3.8) is 0 Å². The number of anilines is 1. The van der Waals surface area contributed by atoms with Crippen LogP contribution in [0.3, 0.4) is 0 Å². The van der Waals surface area contributed by atoms with Gasteiger partial charge in [0, 0.05) is 44.0 Å². The van der Waals surface area contributed by atoms with Crippen molar-refractivity contribution in [1.82, 2.24) is 14.9 Å². The maximum absolute atomic E-state index is 12.4. The van der Waals surface area contributed by atoms with Gasteiger partial charge in [0.05, 0.1) is 25.2 Å². The molecular formula is C17H22N4O4. The van der Waals surface area contributed by atoms with E-state index in [-0.39, 0.29) is 12.3 Å². The lowest BCUT2D eigenvalue weighted by Gasteiger charge is -2.29. The average Bonchev–Trinajstić information content (AvgIpc) is 3.39. The van der Waals surface area contributed by atoms with Gasteiger partial charge in [0.2, 0.25) is 11.9 Å². The number of rotatable bonds is 5. The van der Waals surface area contributed by atoms with E-state index in [0.717, 1.165) is 25.9 Å². The molecule has 0 radical (unpaired) electrons. The molecular weight excluding hydrogens is 324 g/mol. The Morgan fingerprint density at radius 2 is 1.92 bits per heavy atom. The summed E-state index contributed by atoms with van der Waals surface area (Å²) in [5.74, 6) is -0.621. The summed E-state index contributed by atoms with van der Waals surface area (Å²) in [5, 5.41) is 9.55. The summed E-state index contributed by atoms with van der Waals surface area (Å²) in [7, 11) is 0. The van der Waals surface area contributed by atoms with Gasteiger partial charge in [-0.05, 0) is 18.8 Å². The van der Waals surface area contributed by atoms with E-state index < -0.39 is 17.9 Å². The molecule has 8 nitrogen and oxygen atoms in total. The number of likely N-dealkylation sites (tertiary alicyclic amines) is 1. The molecule has 2 atom stereocenters. The van der Waals surface area contributed by atoms with Crippen LogP contribution in [0.15, 0.2) is 12.4 Å². The Morgan fingerprint density at radius 1 is 1.24 bits per heavy atom. The highest BCUT2D eigenvalue weighted by molar-refractivity contribution is 5.87. The maximum atomic E-state index is 12.4. The fourth-order valence-corrected chi connectivity index (χ4v) is 3.63. The van der Waals surface area contributed by atoms with Crippen molar-refractivity contribution in [3.8, 4) is 0 Å². The van der Waals surface area contributed by atoms with E-state index >= 15 is 0 Å². The van der Waals surface area contributed by atoms with E-state index in [2.05, 4.69) is 9.97 Å². The second-order valence-electron chi connectivity index (χ2n) is 7.00. The van der Waals surface area contributed by atoms with Gasteiger partial charge in [0.25, 0.3) is 0 Å². The number of nitrogens with zero attached hydrogens (tertiary/aromatic N) is 4. The van der Waals surface area contributed by atoms with E-state index in [0.29, 0.717) is 37.2 Å². The van der Waals surface area contributed by atoms with Crippen LogP contribution >= 0.6 is 0 Å². The minimum Gasteiger partial charge on any atom is -0.481 e. The lowest BCUT2D eigenvalue weighted by atomic mass is 9.95. The monoisotopic (exact) mass is 346 g/mol. The number of morpholine rings is 1. The van der Waals surface area contributed by atoms with Gasteiger partial charge >= 0.3 is 5.97 Å². The molecule has 3 aliphatic rings. The van der Waals surface area contributed by atoms with Gasteiger partial charge in [-0.1, -0.05) is 0 Å². The smallest absolute Gasteiger partial charge is 0.309 e. The first-order chi connectivity index (χ1) is 12.1. The van der Waals surface area contributed by atoms with Gasteiger partial charge in [-0.25, -0.2) is 9.97 Å². The van der Waals surface area contributed by atoms with Crippen LogP contribution in [0.1, 0.15) is 30.9 Å². The molecule has 1 saturated carbocycles. The number of aliphatic carboxylic acids is 1. The van der Waals surface area contributed by atoms with Crippen LogP contribution in [-0.2, 0) is 14.3 Å². The van der Waals surface area contributed by atoms with Gasteiger partial charge in [0.15, 0.2) is 0 Å². The van der Waals surface area contributed by atoms with E-state index in [9.17, 15) is 14.7 Å². The SMILES string of the molecule is O=C(O)[C@@H]1CC(=O)N(CC2CC2)[C@H]1c1cnc(N2CCOCC2)nc1. The summed E-state index contributed by atoms with van der Waals surface area (Å²) in [6, 6.07) is -0.468. The van der Waals surface area contributed by atoms with Gasteiger partial charge in [-0.3, -0.25) is 9.59 Å². The van der Waals surface area contributed by atoms with Crippen LogP contribution < -0.4 is 4.90 Å². The molecule has 134 valence electrons. The van der Waals surface area contributed by atoms with Crippen molar-refractivity contribution >= 4 is 17.8 Å². The van der Waals surface area contributed by atoms with Gasteiger partial charge < -0.3 is 19.6 Å². The first-order valence-electron chi connectivity index (χ1n) is 8.80. The second-order valence-corrected chi connectivity index (χ2v) is 7.00. The average molecular weight is 346 g/mol. The molecule has 1 aromatic rings. The largest absolute Gasteiger partial charge is 0.481 e. The van der Waals surface area contributed by atoms with Crippen LogP contribution in [0.5, 0.6) is 0 Å². The molecule has 0 bridgehead atoms. The lowest BCUT2D eigenvalue weighted by molar-refractivity contribution is -0.142. The Labute approximate surface area is 145 Å². The maximum Gasteiger partial charge on any atom is 0.309 e. The Kier molecular flexibility index (Phi) is 4.29. The van der Waals surface area contributed by atoms with E-state index in [1.54, 1.807) is 17.3 Å². The number of carbonyl (C=O) groups excluding carboxylic acids is 1. The Hall–Kier alpha value is -2.22. The highest BCUT2D eigenvalue weighted by Gasteiger charge is 2.46. The number of carboxylic acids is 1. The van der Waals surface area contributed by atoms with Gasteiger partial charge in [-0.15, -0.1) is 0 Å².